The molecule has 11 heteroatoms. The van der Waals surface area contributed by atoms with Gasteiger partial charge in [-0.05, 0) is 74.0 Å². The van der Waals surface area contributed by atoms with E-state index in [1.807, 2.05) is 6.07 Å². The van der Waals surface area contributed by atoms with Gasteiger partial charge in [0.2, 0.25) is 0 Å². The summed E-state index contributed by atoms with van der Waals surface area (Å²) >= 11 is 0. The molecule has 0 aromatic heterocycles. The Bertz CT molecular complexity index is 1410. The van der Waals surface area contributed by atoms with Gasteiger partial charge in [-0.25, -0.2) is 0 Å². The van der Waals surface area contributed by atoms with Gasteiger partial charge < -0.3 is 30.1 Å². The molecule has 206 valence electrons. The van der Waals surface area contributed by atoms with Crippen LogP contribution in [0.4, 0.5) is 18.9 Å². The van der Waals surface area contributed by atoms with Crippen LogP contribution in [0.2, 0.25) is 0 Å². The molecule has 4 atom stereocenters. The van der Waals surface area contributed by atoms with Gasteiger partial charge in [0.05, 0.1) is 16.6 Å². The minimum Gasteiger partial charge on any atom is -0.508 e. The van der Waals surface area contributed by atoms with Crippen LogP contribution < -0.4 is 14.8 Å². The van der Waals surface area contributed by atoms with E-state index in [0.717, 1.165) is 37.1 Å². The lowest BCUT2D eigenvalue weighted by Gasteiger charge is -2.62. The molecule has 1 amide bonds. The number of halogens is 3. The fourth-order valence-corrected chi connectivity index (χ4v) is 7.31. The second-order valence-electron chi connectivity index (χ2n) is 11.3. The van der Waals surface area contributed by atoms with E-state index in [4.69, 9.17) is 4.74 Å². The lowest BCUT2D eigenvalue weighted by Crippen LogP contribution is -2.75. The molecular weight excluding hydrogens is 517 g/mol. The van der Waals surface area contributed by atoms with E-state index in [2.05, 4.69) is 15.0 Å². The lowest BCUT2D eigenvalue weighted by molar-refractivity contribution is -0.274. The van der Waals surface area contributed by atoms with E-state index in [-0.39, 0.29) is 41.0 Å². The van der Waals surface area contributed by atoms with Gasteiger partial charge in [0.15, 0.2) is 17.6 Å². The van der Waals surface area contributed by atoms with Crippen molar-refractivity contribution in [1.82, 2.24) is 4.90 Å². The van der Waals surface area contributed by atoms with Crippen molar-refractivity contribution in [2.45, 2.75) is 61.6 Å². The predicted octanol–water partition coefficient (Wildman–Crippen LogP) is 3.92. The molecule has 2 bridgehead atoms. The number of nitrogens with zero attached hydrogens (tertiary/aromatic N) is 1. The summed E-state index contributed by atoms with van der Waals surface area (Å²) in [4.78, 5) is 15.8. The molecule has 8 nitrogen and oxygen atoms in total. The third-order valence-electron chi connectivity index (χ3n) is 9.14. The van der Waals surface area contributed by atoms with Crippen LogP contribution in [0.15, 0.2) is 47.7 Å². The minimum atomic E-state index is -4.84. The number of hydrogen-bond acceptors (Lipinski definition) is 7. The van der Waals surface area contributed by atoms with Gasteiger partial charge in [-0.2, -0.15) is 0 Å². The molecule has 4 N–H and O–H groups in total. The highest BCUT2D eigenvalue weighted by atomic mass is 19.4. The highest BCUT2D eigenvalue weighted by Crippen LogP contribution is 2.66. The van der Waals surface area contributed by atoms with Crippen molar-refractivity contribution in [2.24, 2.45) is 5.92 Å². The third-order valence-corrected chi connectivity index (χ3v) is 9.14. The summed E-state index contributed by atoms with van der Waals surface area (Å²) in [6.07, 6.45) is -2.75. The molecule has 2 aromatic rings. The number of aliphatic hydroxyl groups excluding tert-OH is 1. The maximum atomic E-state index is 13.5. The molecule has 2 aromatic carbocycles. The quantitative estimate of drug-likeness (QED) is 0.452. The number of alkyl halides is 3. The number of aliphatic hydroxyl groups is 2. The molecule has 2 aliphatic heterocycles. The lowest BCUT2D eigenvalue weighted by atomic mass is 9.49. The zero-order chi connectivity index (χ0) is 27.3. The Hall–Kier alpha value is -3.44. The fourth-order valence-electron chi connectivity index (χ4n) is 7.31. The number of phenolic OH excluding ortho intramolecular Hbond substituents is 1. The molecule has 1 spiro atoms. The van der Waals surface area contributed by atoms with Gasteiger partial charge in [-0.1, -0.05) is 6.07 Å². The second-order valence-corrected chi connectivity index (χ2v) is 11.3. The summed E-state index contributed by atoms with van der Waals surface area (Å²) in [5.74, 6) is -0.712. The Morgan fingerprint density at radius 1 is 1.15 bits per heavy atom. The molecule has 0 radical (unpaired) electrons. The fraction of sp³-hybridized carbons (Fsp3) is 0.464. The van der Waals surface area contributed by atoms with Gasteiger partial charge in [0.1, 0.15) is 11.5 Å². The molecule has 3 aliphatic carbocycles. The van der Waals surface area contributed by atoms with E-state index in [1.165, 1.54) is 12.1 Å². The Labute approximate surface area is 221 Å². The number of ether oxygens (including phenoxy) is 2. The van der Waals surface area contributed by atoms with Gasteiger partial charge in [-0.15, -0.1) is 13.2 Å². The number of nitrogens with one attached hydrogen (secondary N) is 1. The van der Waals surface area contributed by atoms with Crippen molar-refractivity contribution < 1.29 is 42.8 Å². The van der Waals surface area contributed by atoms with Crippen LogP contribution in [0.3, 0.4) is 0 Å². The van der Waals surface area contributed by atoms with E-state index in [1.54, 1.807) is 6.07 Å². The van der Waals surface area contributed by atoms with Crippen LogP contribution in [0.5, 0.6) is 17.2 Å². The van der Waals surface area contributed by atoms with Crippen molar-refractivity contribution >= 4 is 11.6 Å². The zero-order valence-electron chi connectivity index (χ0n) is 20.8. The molecule has 7 rings (SSSR count). The Kier molecular flexibility index (Phi) is 5.07. The van der Waals surface area contributed by atoms with E-state index in [0.29, 0.717) is 30.9 Å². The first kappa shape index (κ1) is 24.6. The molecule has 1 saturated heterocycles. The number of amides is 1. The molecular formula is C28H27F3N2O6. The Morgan fingerprint density at radius 2 is 1.90 bits per heavy atom. The molecule has 39 heavy (non-hydrogen) atoms. The number of likely N-dealkylation sites (tertiary alicyclic amines) is 1. The van der Waals surface area contributed by atoms with E-state index in [9.17, 15) is 33.3 Å². The van der Waals surface area contributed by atoms with Crippen molar-refractivity contribution in [3.63, 3.8) is 0 Å². The first-order chi connectivity index (χ1) is 18.5. The summed E-state index contributed by atoms with van der Waals surface area (Å²) in [6.45, 7) is 1.54. The number of benzene rings is 2. The molecule has 0 unspecified atom stereocenters. The van der Waals surface area contributed by atoms with Crippen LogP contribution in [-0.2, 0) is 16.6 Å². The largest absolute Gasteiger partial charge is 0.573 e. The second kappa shape index (κ2) is 8.04. The predicted molar refractivity (Wildman–Crippen MR) is 132 cm³/mol. The zero-order valence-corrected chi connectivity index (χ0v) is 20.8. The van der Waals surface area contributed by atoms with Gasteiger partial charge in [-0.3, -0.25) is 9.69 Å². The van der Waals surface area contributed by atoms with Crippen molar-refractivity contribution in [3.05, 3.63) is 58.9 Å². The first-order valence-electron chi connectivity index (χ1n) is 13.1. The summed E-state index contributed by atoms with van der Waals surface area (Å²) < 4.78 is 47.5. The highest BCUT2D eigenvalue weighted by Gasteiger charge is 2.73. The smallest absolute Gasteiger partial charge is 0.508 e. The number of piperidine rings is 1. The van der Waals surface area contributed by atoms with E-state index < -0.39 is 35.1 Å². The van der Waals surface area contributed by atoms with Gasteiger partial charge >= 0.3 is 6.36 Å². The topological polar surface area (TPSA) is 111 Å². The molecule has 5 aliphatic rings. The Balaban J connectivity index is 1.26. The maximum absolute atomic E-state index is 13.5. The number of carbonyl (C=O) groups excluding carboxylic acids is 1. The normalized spacial score (nSPS) is 31.0. The Morgan fingerprint density at radius 3 is 2.59 bits per heavy atom. The number of aromatic hydroxyl groups is 1. The van der Waals surface area contributed by atoms with Crippen molar-refractivity contribution in [1.29, 1.82) is 0 Å². The number of rotatable bonds is 5. The van der Waals surface area contributed by atoms with Gasteiger partial charge in [0.25, 0.3) is 5.91 Å². The van der Waals surface area contributed by atoms with Crippen molar-refractivity contribution in [3.8, 4) is 17.2 Å². The SMILES string of the molecule is O=C(Nc1ccc(OC(F)(F)F)cc1)C1=C(O)[C@@H]2Oc3c(O)ccc4c3[C@@]23CCN(CC2CC2)[C@H](C4)[C@]3(O)C1. The molecule has 2 fully saturated rings. The third kappa shape index (κ3) is 3.55. The standard InChI is InChI=1S/C28H27F3N2O6/c29-28(30,31)39-17-6-4-16(5-7-17)32-25(36)18-12-27(37)20-11-15-3-8-19(34)23-21(15)26(27,24(38-23)22(18)35)9-10-33(20)13-14-1-2-14/h3-8,14,20,24,34-35,37H,1-2,9-13H2,(H,32,36)/t20-,24+,26+,27-/m1/s1. The van der Waals surface area contributed by atoms with E-state index >= 15 is 0 Å². The van der Waals surface area contributed by atoms with Crippen LogP contribution >= 0.6 is 0 Å². The minimum absolute atomic E-state index is 0.0530. The summed E-state index contributed by atoms with van der Waals surface area (Å²) in [5, 5.41) is 37.3. The first-order valence-corrected chi connectivity index (χ1v) is 13.1. The van der Waals surface area contributed by atoms with Crippen LogP contribution in [-0.4, -0.2) is 63.3 Å². The van der Waals surface area contributed by atoms with Crippen LogP contribution in [0.1, 0.15) is 36.8 Å². The van der Waals surface area contributed by atoms with Crippen molar-refractivity contribution in [2.75, 3.05) is 18.4 Å². The highest BCUT2D eigenvalue weighted by molar-refractivity contribution is 6.04. The van der Waals surface area contributed by atoms with Crippen LogP contribution in [0.25, 0.3) is 0 Å². The number of phenols is 1. The average molecular weight is 545 g/mol. The number of anilines is 1. The number of carbonyl (C=O) groups is 1. The molecule has 1 saturated carbocycles. The van der Waals surface area contributed by atoms with Gasteiger partial charge in [0, 0.05) is 30.3 Å². The summed E-state index contributed by atoms with van der Waals surface area (Å²) in [7, 11) is 0. The summed E-state index contributed by atoms with van der Waals surface area (Å²) in [6, 6.07) is 7.75. The van der Waals surface area contributed by atoms with Crippen LogP contribution in [0, 0.1) is 5.92 Å². The monoisotopic (exact) mass is 544 g/mol. The molecule has 2 heterocycles. The average Bonchev–Trinajstić information content (AvgIpc) is 3.61. The maximum Gasteiger partial charge on any atom is 0.573 e. The summed E-state index contributed by atoms with van der Waals surface area (Å²) in [5.41, 5.74) is -0.671. The number of hydrogen-bond donors (Lipinski definition) is 4.